The van der Waals surface area contributed by atoms with Gasteiger partial charge in [0.05, 0.1) is 0 Å². The predicted molar refractivity (Wildman–Crippen MR) is 93.1 cm³/mol. The second kappa shape index (κ2) is 8.49. The number of carbonyl (C=O) groups is 1. The Bertz CT molecular complexity index is 485. The van der Waals surface area contributed by atoms with Crippen molar-refractivity contribution in [2.24, 2.45) is 5.92 Å². The number of rotatable bonds is 8. The first-order chi connectivity index (χ1) is 11.3. The van der Waals surface area contributed by atoms with Crippen molar-refractivity contribution in [1.29, 1.82) is 0 Å². The fraction of sp³-hybridized carbons (Fsp3) is 0.650. The molecule has 3 rings (SSSR count). The maximum atomic E-state index is 12.3. The highest BCUT2D eigenvalue weighted by atomic mass is 16.5. The Balaban J connectivity index is 1.39. The molecule has 1 heterocycles. The van der Waals surface area contributed by atoms with Crippen LogP contribution in [0.3, 0.4) is 0 Å². The summed E-state index contributed by atoms with van der Waals surface area (Å²) in [6.07, 6.45) is 9.72. The SMILES string of the molecule is O=C(CCC1CCCC1)c1ccc(OCCN2CCCC2)cc1. The number of ketones is 1. The number of benzene rings is 1. The van der Waals surface area contributed by atoms with Gasteiger partial charge in [-0.3, -0.25) is 9.69 Å². The van der Waals surface area contributed by atoms with Crippen LogP contribution < -0.4 is 4.74 Å². The standard InChI is InChI=1S/C20H29NO2/c22-20(12-7-17-5-1-2-6-17)18-8-10-19(11-9-18)23-16-15-21-13-3-4-14-21/h8-11,17H,1-7,12-16H2. The average Bonchev–Trinajstić information content (AvgIpc) is 3.27. The number of nitrogens with zero attached hydrogens (tertiary/aromatic N) is 1. The van der Waals surface area contributed by atoms with Crippen LogP contribution in [0.4, 0.5) is 0 Å². The van der Waals surface area contributed by atoms with Crippen molar-refractivity contribution in [3.8, 4) is 5.75 Å². The number of ether oxygens (including phenoxy) is 1. The minimum absolute atomic E-state index is 0.278. The van der Waals surface area contributed by atoms with Gasteiger partial charge >= 0.3 is 0 Å². The van der Waals surface area contributed by atoms with Crippen LogP contribution in [-0.4, -0.2) is 36.9 Å². The lowest BCUT2D eigenvalue weighted by Crippen LogP contribution is -2.25. The normalized spacial score (nSPS) is 19.3. The van der Waals surface area contributed by atoms with E-state index in [9.17, 15) is 4.79 Å². The van der Waals surface area contributed by atoms with Gasteiger partial charge in [-0.1, -0.05) is 25.7 Å². The summed E-state index contributed by atoms with van der Waals surface area (Å²) in [4.78, 5) is 14.7. The van der Waals surface area contributed by atoms with Gasteiger partial charge in [0.2, 0.25) is 0 Å². The van der Waals surface area contributed by atoms with E-state index in [-0.39, 0.29) is 5.78 Å². The highest BCUT2D eigenvalue weighted by Crippen LogP contribution is 2.29. The molecule has 23 heavy (non-hydrogen) atoms. The fourth-order valence-electron chi connectivity index (χ4n) is 3.81. The molecule has 3 heteroatoms. The van der Waals surface area contributed by atoms with E-state index >= 15 is 0 Å². The summed E-state index contributed by atoms with van der Waals surface area (Å²) >= 11 is 0. The van der Waals surface area contributed by atoms with Gasteiger partial charge in [0.25, 0.3) is 0 Å². The zero-order valence-electron chi connectivity index (χ0n) is 14.1. The first-order valence-corrected chi connectivity index (χ1v) is 9.30. The van der Waals surface area contributed by atoms with Crippen molar-refractivity contribution in [3.05, 3.63) is 29.8 Å². The molecule has 0 aromatic heterocycles. The van der Waals surface area contributed by atoms with Gasteiger partial charge < -0.3 is 4.74 Å². The van der Waals surface area contributed by atoms with Crippen LogP contribution in [0.15, 0.2) is 24.3 Å². The number of carbonyl (C=O) groups excluding carboxylic acids is 1. The van der Waals surface area contributed by atoms with Crippen LogP contribution in [0, 0.1) is 5.92 Å². The van der Waals surface area contributed by atoms with E-state index in [4.69, 9.17) is 4.74 Å². The minimum atomic E-state index is 0.278. The molecule has 1 saturated carbocycles. The molecular weight excluding hydrogens is 286 g/mol. The van der Waals surface area contributed by atoms with E-state index in [1.165, 1.54) is 51.6 Å². The van der Waals surface area contributed by atoms with Crippen molar-refractivity contribution in [2.75, 3.05) is 26.2 Å². The smallest absolute Gasteiger partial charge is 0.162 e. The van der Waals surface area contributed by atoms with Crippen molar-refractivity contribution < 1.29 is 9.53 Å². The first-order valence-electron chi connectivity index (χ1n) is 9.30. The topological polar surface area (TPSA) is 29.5 Å². The van der Waals surface area contributed by atoms with Crippen molar-refractivity contribution in [2.45, 2.75) is 51.4 Å². The number of Topliss-reactive ketones (excluding diaryl/α,β-unsaturated/α-hetero) is 1. The Labute approximate surface area is 140 Å². The molecule has 1 aromatic rings. The molecule has 126 valence electrons. The van der Waals surface area contributed by atoms with Gasteiger partial charge in [0.1, 0.15) is 12.4 Å². The van der Waals surface area contributed by atoms with E-state index in [0.717, 1.165) is 36.8 Å². The van der Waals surface area contributed by atoms with Gasteiger partial charge in [0, 0.05) is 18.5 Å². The number of hydrogen-bond donors (Lipinski definition) is 0. The van der Waals surface area contributed by atoms with Crippen LogP contribution in [0.25, 0.3) is 0 Å². The second-order valence-corrected chi connectivity index (χ2v) is 7.03. The lowest BCUT2D eigenvalue weighted by Gasteiger charge is -2.15. The van der Waals surface area contributed by atoms with Crippen LogP contribution in [-0.2, 0) is 0 Å². The average molecular weight is 315 g/mol. The second-order valence-electron chi connectivity index (χ2n) is 7.03. The number of likely N-dealkylation sites (tertiary alicyclic amines) is 1. The van der Waals surface area contributed by atoms with Gasteiger partial charge in [-0.25, -0.2) is 0 Å². The third-order valence-corrected chi connectivity index (χ3v) is 5.31. The molecule has 0 atom stereocenters. The molecule has 2 fully saturated rings. The molecule has 0 spiro atoms. The molecule has 0 unspecified atom stereocenters. The summed E-state index contributed by atoms with van der Waals surface area (Å²) in [5.41, 5.74) is 0.829. The Hall–Kier alpha value is -1.35. The Morgan fingerprint density at radius 3 is 2.43 bits per heavy atom. The number of hydrogen-bond acceptors (Lipinski definition) is 3. The molecule has 1 aromatic carbocycles. The summed E-state index contributed by atoms with van der Waals surface area (Å²) in [6, 6.07) is 7.71. The van der Waals surface area contributed by atoms with E-state index in [2.05, 4.69) is 4.90 Å². The summed E-state index contributed by atoms with van der Waals surface area (Å²) in [5.74, 6) is 1.93. The summed E-state index contributed by atoms with van der Waals surface area (Å²) in [5, 5.41) is 0. The predicted octanol–water partition coefficient (Wildman–Crippen LogP) is 4.31. The zero-order chi connectivity index (χ0) is 15.9. The first kappa shape index (κ1) is 16.5. The maximum Gasteiger partial charge on any atom is 0.162 e. The third-order valence-electron chi connectivity index (χ3n) is 5.31. The van der Waals surface area contributed by atoms with E-state index < -0.39 is 0 Å². The lowest BCUT2D eigenvalue weighted by molar-refractivity contribution is 0.0974. The molecule has 0 bridgehead atoms. The van der Waals surface area contributed by atoms with Gasteiger partial charge in [-0.15, -0.1) is 0 Å². The van der Waals surface area contributed by atoms with Crippen LogP contribution >= 0.6 is 0 Å². The molecule has 0 N–H and O–H groups in total. The van der Waals surface area contributed by atoms with Crippen molar-refractivity contribution >= 4 is 5.78 Å². The monoisotopic (exact) mass is 315 g/mol. The lowest BCUT2D eigenvalue weighted by atomic mass is 9.97. The molecule has 1 aliphatic carbocycles. The molecule has 1 saturated heterocycles. The van der Waals surface area contributed by atoms with Gasteiger partial charge in [-0.05, 0) is 62.5 Å². The Kier molecular flexibility index (Phi) is 6.09. The fourth-order valence-corrected chi connectivity index (χ4v) is 3.81. The third kappa shape index (κ3) is 5.07. The van der Waals surface area contributed by atoms with Crippen molar-refractivity contribution in [1.82, 2.24) is 4.90 Å². The molecule has 3 nitrogen and oxygen atoms in total. The summed E-state index contributed by atoms with van der Waals surface area (Å²) in [7, 11) is 0. The minimum Gasteiger partial charge on any atom is -0.492 e. The Morgan fingerprint density at radius 2 is 1.74 bits per heavy atom. The van der Waals surface area contributed by atoms with Crippen LogP contribution in [0.5, 0.6) is 5.75 Å². The van der Waals surface area contributed by atoms with Gasteiger partial charge in [0.15, 0.2) is 5.78 Å². The molecule has 0 radical (unpaired) electrons. The van der Waals surface area contributed by atoms with E-state index in [1.807, 2.05) is 24.3 Å². The zero-order valence-corrected chi connectivity index (χ0v) is 14.1. The highest BCUT2D eigenvalue weighted by molar-refractivity contribution is 5.96. The Morgan fingerprint density at radius 1 is 1.04 bits per heavy atom. The molecule has 2 aliphatic rings. The van der Waals surface area contributed by atoms with Crippen LogP contribution in [0.1, 0.15) is 61.7 Å². The van der Waals surface area contributed by atoms with Gasteiger partial charge in [-0.2, -0.15) is 0 Å². The van der Waals surface area contributed by atoms with E-state index in [0.29, 0.717) is 6.42 Å². The van der Waals surface area contributed by atoms with Crippen LogP contribution in [0.2, 0.25) is 0 Å². The van der Waals surface area contributed by atoms with E-state index in [1.54, 1.807) is 0 Å². The summed E-state index contributed by atoms with van der Waals surface area (Å²) in [6.45, 7) is 4.15. The molecular formula is C20H29NO2. The quantitative estimate of drug-likeness (QED) is 0.669. The van der Waals surface area contributed by atoms with Crippen molar-refractivity contribution in [3.63, 3.8) is 0 Å². The molecule has 0 amide bonds. The molecule has 1 aliphatic heterocycles. The highest BCUT2D eigenvalue weighted by Gasteiger charge is 2.17. The largest absolute Gasteiger partial charge is 0.492 e. The maximum absolute atomic E-state index is 12.3. The summed E-state index contributed by atoms with van der Waals surface area (Å²) < 4.78 is 5.79.